The van der Waals surface area contributed by atoms with E-state index >= 15 is 0 Å². The maximum Gasteiger partial charge on any atom is 0.241 e. The smallest absolute Gasteiger partial charge is 0.241 e. The van der Waals surface area contributed by atoms with E-state index in [2.05, 4.69) is 10.0 Å². The molecule has 0 bridgehead atoms. The Morgan fingerprint density at radius 1 is 1.03 bits per heavy atom. The Kier molecular flexibility index (Phi) is 8.67. The molecule has 6 nitrogen and oxygen atoms in total. The van der Waals surface area contributed by atoms with Crippen LogP contribution in [0.2, 0.25) is 0 Å². The third-order valence-electron chi connectivity index (χ3n) is 4.45. The second-order valence-corrected chi connectivity index (χ2v) is 8.68. The van der Waals surface area contributed by atoms with Crippen molar-refractivity contribution in [3.05, 3.63) is 60.2 Å². The molecule has 0 fully saturated rings. The minimum absolute atomic E-state index is 0.0271. The number of hydrogen-bond acceptors (Lipinski definition) is 4. The molecule has 2 N–H and O–H groups in total. The highest BCUT2D eigenvalue weighted by molar-refractivity contribution is 7.89. The topological polar surface area (TPSA) is 84.5 Å². The third kappa shape index (κ3) is 7.18. The van der Waals surface area contributed by atoms with Crippen molar-refractivity contribution in [3.8, 4) is 5.75 Å². The number of ether oxygens (including phenoxy) is 1. The highest BCUT2D eigenvalue weighted by Gasteiger charge is 2.27. The fraction of sp³-hybridized carbons (Fsp3) is 0.409. The van der Waals surface area contributed by atoms with Crippen LogP contribution in [0, 0.1) is 0 Å². The first-order valence-corrected chi connectivity index (χ1v) is 11.4. The van der Waals surface area contributed by atoms with Crippen LogP contribution >= 0.6 is 0 Å². The maximum absolute atomic E-state index is 12.9. The molecule has 0 radical (unpaired) electrons. The van der Waals surface area contributed by atoms with Gasteiger partial charge in [-0.1, -0.05) is 43.7 Å². The van der Waals surface area contributed by atoms with Crippen LogP contribution in [0.5, 0.6) is 5.75 Å². The SMILES string of the molecule is CCC[C@H](C)NC(=O)[C@@H](Cc1ccccc1)NS(=O)(=O)c1ccc(OCC)cc1. The predicted molar refractivity (Wildman–Crippen MR) is 114 cm³/mol. The van der Waals surface area contributed by atoms with Gasteiger partial charge in [0.1, 0.15) is 11.8 Å². The van der Waals surface area contributed by atoms with Gasteiger partial charge >= 0.3 is 0 Å². The molecule has 0 aliphatic carbocycles. The number of rotatable bonds is 11. The Balaban J connectivity index is 2.21. The van der Waals surface area contributed by atoms with E-state index in [1.54, 1.807) is 12.1 Å². The predicted octanol–water partition coefficient (Wildman–Crippen LogP) is 3.28. The fourth-order valence-electron chi connectivity index (χ4n) is 3.02. The van der Waals surface area contributed by atoms with Crippen molar-refractivity contribution in [2.45, 2.75) is 57.0 Å². The molecule has 2 aromatic carbocycles. The van der Waals surface area contributed by atoms with Crippen LogP contribution in [0.15, 0.2) is 59.5 Å². The molecule has 2 atom stereocenters. The van der Waals surface area contributed by atoms with Gasteiger partial charge in [0, 0.05) is 6.04 Å². The molecule has 7 heteroatoms. The molecule has 0 heterocycles. The summed E-state index contributed by atoms with van der Waals surface area (Å²) in [5.74, 6) is 0.266. The number of benzene rings is 2. The van der Waals surface area contributed by atoms with Crippen molar-refractivity contribution in [3.63, 3.8) is 0 Å². The van der Waals surface area contributed by atoms with E-state index in [4.69, 9.17) is 4.74 Å². The summed E-state index contributed by atoms with van der Waals surface area (Å²) in [5.41, 5.74) is 0.880. The molecule has 158 valence electrons. The molecule has 0 saturated carbocycles. The average molecular weight is 419 g/mol. The molecule has 0 aromatic heterocycles. The van der Waals surface area contributed by atoms with Gasteiger partial charge in [0.25, 0.3) is 0 Å². The van der Waals surface area contributed by atoms with Gasteiger partial charge in [0.05, 0.1) is 11.5 Å². The molecule has 0 aliphatic rings. The van der Waals surface area contributed by atoms with Crippen molar-refractivity contribution in [1.82, 2.24) is 10.0 Å². The number of sulfonamides is 1. The van der Waals surface area contributed by atoms with Crippen LogP contribution in [0.4, 0.5) is 0 Å². The van der Waals surface area contributed by atoms with Crippen LogP contribution in [0.3, 0.4) is 0 Å². The zero-order valence-corrected chi connectivity index (χ0v) is 18.0. The lowest BCUT2D eigenvalue weighted by atomic mass is 10.1. The van der Waals surface area contributed by atoms with E-state index in [9.17, 15) is 13.2 Å². The number of carbonyl (C=O) groups is 1. The van der Waals surface area contributed by atoms with E-state index in [1.165, 1.54) is 12.1 Å². The molecule has 2 rings (SSSR count). The van der Waals surface area contributed by atoms with Crippen LogP contribution in [-0.2, 0) is 21.2 Å². The average Bonchev–Trinajstić information content (AvgIpc) is 2.69. The lowest BCUT2D eigenvalue weighted by molar-refractivity contribution is -0.123. The van der Waals surface area contributed by atoms with E-state index in [-0.39, 0.29) is 23.3 Å². The van der Waals surface area contributed by atoms with E-state index in [0.29, 0.717) is 12.4 Å². The standard InChI is InChI=1S/C22H30N2O4S/c1-4-9-17(3)23-22(25)21(16-18-10-7-6-8-11-18)24-29(26,27)20-14-12-19(13-15-20)28-5-2/h6-8,10-15,17,21,24H,4-5,9,16H2,1-3H3,(H,23,25)/t17-,21+/m0/s1. The second kappa shape index (κ2) is 11.0. The van der Waals surface area contributed by atoms with Gasteiger partial charge in [-0.05, 0) is 56.5 Å². The molecule has 29 heavy (non-hydrogen) atoms. The lowest BCUT2D eigenvalue weighted by Crippen LogP contribution is -2.50. The highest BCUT2D eigenvalue weighted by atomic mass is 32.2. The molecule has 0 aliphatic heterocycles. The Morgan fingerprint density at radius 3 is 2.28 bits per heavy atom. The van der Waals surface area contributed by atoms with Crippen LogP contribution in [0.1, 0.15) is 39.2 Å². The lowest BCUT2D eigenvalue weighted by Gasteiger charge is -2.21. The summed E-state index contributed by atoms with van der Waals surface area (Å²) in [7, 11) is -3.87. The summed E-state index contributed by atoms with van der Waals surface area (Å²) >= 11 is 0. The zero-order chi connectivity index (χ0) is 21.3. The molecule has 2 aromatic rings. The highest BCUT2D eigenvalue weighted by Crippen LogP contribution is 2.17. The van der Waals surface area contributed by atoms with Crippen LogP contribution in [-0.4, -0.2) is 33.0 Å². The largest absolute Gasteiger partial charge is 0.494 e. The summed E-state index contributed by atoms with van der Waals surface area (Å²) in [6.07, 6.45) is 2.03. The Hall–Kier alpha value is -2.38. The van der Waals surface area contributed by atoms with Gasteiger partial charge < -0.3 is 10.1 Å². The molecular weight excluding hydrogens is 388 g/mol. The fourth-order valence-corrected chi connectivity index (χ4v) is 4.22. The first-order chi connectivity index (χ1) is 13.9. The Labute approximate surface area is 173 Å². The maximum atomic E-state index is 12.9. The van der Waals surface area contributed by atoms with Crippen LogP contribution in [0.25, 0.3) is 0 Å². The first kappa shape index (κ1) is 22.9. The zero-order valence-electron chi connectivity index (χ0n) is 17.2. The Bertz CT molecular complexity index is 867. The van der Waals surface area contributed by atoms with E-state index in [0.717, 1.165) is 18.4 Å². The summed E-state index contributed by atoms with van der Waals surface area (Å²) in [4.78, 5) is 12.9. The van der Waals surface area contributed by atoms with Crippen molar-refractivity contribution < 1.29 is 17.9 Å². The first-order valence-electron chi connectivity index (χ1n) is 9.95. The summed E-state index contributed by atoms with van der Waals surface area (Å²) in [5, 5.41) is 2.92. The van der Waals surface area contributed by atoms with Gasteiger partial charge in [-0.15, -0.1) is 0 Å². The van der Waals surface area contributed by atoms with Crippen molar-refractivity contribution in [1.29, 1.82) is 0 Å². The van der Waals surface area contributed by atoms with Gasteiger partial charge in [-0.2, -0.15) is 4.72 Å². The third-order valence-corrected chi connectivity index (χ3v) is 5.94. The monoisotopic (exact) mass is 418 g/mol. The quantitative estimate of drug-likeness (QED) is 0.587. The van der Waals surface area contributed by atoms with Gasteiger partial charge in [0.2, 0.25) is 15.9 Å². The van der Waals surface area contributed by atoms with Crippen LogP contribution < -0.4 is 14.8 Å². The van der Waals surface area contributed by atoms with Gasteiger partial charge in [-0.3, -0.25) is 4.79 Å². The number of carbonyl (C=O) groups excluding carboxylic acids is 1. The van der Waals surface area contributed by atoms with Crippen molar-refractivity contribution >= 4 is 15.9 Å². The molecule has 0 saturated heterocycles. The summed E-state index contributed by atoms with van der Waals surface area (Å²) < 4.78 is 33.7. The molecule has 1 amide bonds. The molecule has 0 unspecified atom stereocenters. The van der Waals surface area contributed by atoms with Gasteiger partial charge in [0.15, 0.2) is 0 Å². The van der Waals surface area contributed by atoms with Crippen molar-refractivity contribution in [2.75, 3.05) is 6.61 Å². The summed E-state index contributed by atoms with van der Waals surface area (Å²) in [6, 6.07) is 14.6. The summed E-state index contributed by atoms with van der Waals surface area (Å²) in [6.45, 7) is 6.32. The van der Waals surface area contributed by atoms with Crippen molar-refractivity contribution in [2.24, 2.45) is 0 Å². The second-order valence-electron chi connectivity index (χ2n) is 6.97. The minimum atomic E-state index is -3.87. The van der Waals surface area contributed by atoms with E-state index in [1.807, 2.05) is 51.1 Å². The minimum Gasteiger partial charge on any atom is -0.494 e. The number of hydrogen-bond donors (Lipinski definition) is 2. The van der Waals surface area contributed by atoms with Gasteiger partial charge in [-0.25, -0.2) is 8.42 Å². The van der Waals surface area contributed by atoms with E-state index < -0.39 is 16.1 Å². The molecule has 0 spiro atoms. The molecular formula is C22H30N2O4S. The normalized spacial score (nSPS) is 13.5. The number of nitrogens with one attached hydrogen (secondary N) is 2. The number of amides is 1. The Morgan fingerprint density at radius 2 is 1.69 bits per heavy atom.